The van der Waals surface area contributed by atoms with Crippen LogP contribution >= 0.6 is 0 Å². The summed E-state index contributed by atoms with van der Waals surface area (Å²) in [6.45, 7) is 4.05. The normalized spacial score (nSPS) is 19.1. The van der Waals surface area contributed by atoms with E-state index in [4.69, 9.17) is 5.41 Å². The van der Waals surface area contributed by atoms with Gasteiger partial charge >= 0.3 is 0 Å². The molecule has 0 saturated heterocycles. The van der Waals surface area contributed by atoms with Crippen LogP contribution in [0, 0.1) is 5.41 Å². The number of hydrogen-bond donors (Lipinski definition) is 1. The molecule has 0 atom stereocenters. The van der Waals surface area contributed by atoms with Gasteiger partial charge in [0.1, 0.15) is 0 Å². The van der Waals surface area contributed by atoms with Crippen LogP contribution in [0.3, 0.4) is 0 Å². The summed E-state index contributed by atoms with van der Waals surface area (Å²) in [5, 5.41) is 7.37. The van der Waals surface area contributed by atoms with Crippen molar-refractivity contribution in [2.45, 2.75) is 20.3 Å². The van der Waals surface area contributed by atoms with Crippen LogP contribution in [0.4, 0.5) is 0 Å². The van der Waals surface area contributed by atoms with Crippen molar-refractivity contribution in [2.75, 3.05) is 0 Å². The van der Waals surface area contributed by atoms with E-state index in [0.717, 1.165) is 17.7 Å². The van der Waals surface area contributed by atoms with Crippen LogP contribution in [0.15, 0.2) is 23.3 Å². The largest absolute Gasteiger partial charge is 0.305 e. The van der Waals surface area contributed by atoms with E-state index in [0.29, 0.717) is 0 Å². The van der Waals surface area contributed by atoms with Gasteiger partial charge in [-0.15, -0.1) is 0 Å². The second kappa shape index (κ2) is 2.18. The minimum absolute atomic E-state index is 0.751. The van der Waals surface area contributed by atoms with Crippen molar-refractivity contribution >= 4 is 5.71 Å². The Morgan fingerprint density at radius 1 is 1.44 bits per heavy atom. The van der Waals surface area contributed by atoms with Gasteiger partial charge in [-0.1, -0.05) is 17.7 Å². The molecule has 1 N–H and O–H groups in total. The maximum atomic E-state index is 7.37. The molecule has 0 fully saturated rings. The molecule has 0 aromatic rings. The minimum atomic E-state index is 0.751. The molecule has 1 heteroatoms. The number of nitrogens with one attached hydrogen (secondary N) is 1. The Labute approximate surface area is 55.6 Å². The Morgan fingerprint density at radius 3 is 2.56 bits per heavy atom. The smallest absolute Gasteiger partial charge is 0.0380 e. The Morgan fingerprint density at radius 2 is 2.11 bits per heavy atom. The topological polar surface area (TPSA) is 23.9 Å². The maximum absolute atomic E-state index is 7.37. The second-order valence-corrected chi connectivity index (χ2v) is 2.46. The van der Waals surface area contributed by atoms with E-state index in [9.17, 15) is 0 Å². The molecule has 9 heavy (non-hydrogen) atoms. The van der Waals surface area contributed by atoms with Crippen molar-refractivity contribution in [2.24, 2.45) is 0 Å². The summed E-state index contributed by atoms with van der Waals surface area (Å²) in [6, 6.07) is 0. The third-order valence-corrected chi connectivity index (χ3v) is 1.55. The Kier molecular flexibility index (Phi) is 1.52. The summed E-state index contributed by atoms with van der Waals surface area (Å²) in [4.78, 5) is 0. The van der Waals surface area contributed by atoms with E-state index < -0.39 is 0 Å². The lowest BCUT2D eigenvalue weighted by molar-refractivity contribution is 1.26. The zero-order valence-corrected chi connectivity index (χ0v) is 5.86. The summed E-state index contributed by atoms with van der Waals surface area (Å²) < 4.78 is 0. The predicted molar refractivity (Wildman–Crippen MR) is 39.9 cm³/mol. The highest BCUT2D eigenvalue weighted by Crippen LogP contribution is 2.12. The van der Waals surface area contributed by atoms with Crippen LogP contribution in [-0.4, -0.2) is 5.71 Å². The van der Waals surface area contributed by atoms with Crippen molar-refractivity contribution in [1.82, 2.24) is 0 Å². The molecular formula is C8H11N. The van der Waals surface area contributed by atoms with Gasteiger partial charge in [0.2, 0.25) is 0 Å². The fraction of sp³-hybridized carbons (Fsp3) is 0.375. The molecule has 0 heterocycles. The summed E-state index contributed by atoms with van der Waals surface area (Å²) in [5.41, 5.74) is 3.14. The van der Waals surface area contributed by atoms with Crippen molar-refractivity contribution < 1.29 is 0 Å². The summed E-state index contributed by atoms with van der Waals surface area (Å²) in [7, 11) is 0. The molecule has 0 aromatic carbocycles. The van der Waals surface area contributed by atoms with Gasteiger partial charge in [-0.05, 0) is 19.4 Å². The second-order valence-electron chi connectivity index (χ2n) is 2.46. The van der Waals surface area contributed by atoms with E-state index in [1.54, 1.807) is 0 Å². The molecule has 0 radical (unpaired) electrons. The molecule has 1 rings (SSSR count). The zero-order valence-electron chi connectivity index (χ0n) is 5.86. The van der Waals surface area contributed by atoms with Crippen LogP contribution in [0.25, 0.3) is 0 Å². The molecule has 0 aliphatic heterocycles. The van der Waals surface area contributed by atoms with Crippen molar-refractivity contribution in [3.05, 3.63) is 23.3 Å². The summed E-state index contributed by atoms with van der Waals surface area (Å²) in [5.74, 6) is 0. The van der Waals surface area contributed by atoms with Gasteiger partial charge in [-0.2, -0.15) is 0 Å². The molecule has 0 amide bonds. The van der Waals surface area contributed by atoms with Crippen LogP contribution in [0.1, 0.15) is 20.3 Å². The van der Waals surface area contributed by atoms with Crippen molar-refractivity contribution in [3.8, 4) is 0 Å². The van der Waals surface area contributed by atoms with Gasteiger partial charge in [0.15, 0.2) is 0 Å². The molecular weight excluding hydrogens is 110 g/mol. The van der Waals surface area contributed by atoms with E-state index in [-0.39, 0.29) is 0 Å². The zero-order chi connectivity index (χ0) is 6.85. The molecule has 0 unspecified atom stereocenters. The van der Waals surface area contributed by atoms with E-state index in [1.165, 1.54) is 5.57 Å². The standard InChI is InChI=1S/C8H11N/c1-6-3-4-8(9)7(2)5-6/h3,5,9H,4H2,1-2H3. The lowest BCUT2D eigenvalue weighted by Gasteiger charge is -2.07. The molecule has 0 bridgehead atoms. The van der Waals surface area contributed by atoms with E-state index in [2.05, 4.69) is 13.0 Å². The van der Waals surface area contributed by atoms with Crippen molar-refractivity contribution in [1.29, 1.82) is 5.41 Å². The fourth-order valence-corrected chi connectivity index (χ4v) is 0.912. The molecule has 1 aliphatic rings. The third kappa shape index (κ3) is 1.28. The first-order valence-corrected chi connectivity index (χ1v) is 3.13. The molecule has 0 saturated carbocycles. The first-order valence-electron chi connectivity index (χ1n) is 3.13. The van der Waals surface area contributed by atoms with Gasteiger partial charge in [-0.3, -0.25) is 0 Å². The van der Waals surface area contributed by atoms with Crippen molar-refractivity contribution in [3.63, 3.8) is 0 Å². The van der Waals surface area contributed by atoms with Gasteiger partial charge in [0.05, 0.1) is 0 Å². The van der Waals surface area contributed by atoms with Crippen LogP contribution in [-0.2, 0) is 0 Å². The SMILES string of the molecule is CC1=CCC(=N)C(C)=C1. The molecule has 0 spiro atoms. The summed E-state index contributed by atoms with van der Waals surface area (Å²) >= 11 is 0. The Bertz CT molecular complexity index is 197. The maximum Gasteiger partial charge on any atom is 0.0380 e. The number of rotatable bonds is 0. The van der Waals surface area contributed by atoms with Gasteiger partial charge in [0.25, 0.3) is 0 Å². The average Bonchev–Trinajstić information content (AvgIpc) is 1.80. The summed E-state index contributed by atoms with van der Waals surface area (Å²) in [6.07, 6.45) is 4.94. The molecule has 1 nitrogen and oxygen atoms in total. The van der Waals surface area contributed by atoms with Crippen LogP contribution in [0.5, 0.6) is 0 Å². The Balaban J connectivity index is 2.87. The highest BCUT2D eigenvalue weighted by atomic mass is 14.4. The minimum Gasteiger partial charge on any atom is -0.305 e. The number of hydrogen-bond acceptors (Lipinski definition) is 1. The molecule has 1 aliphatic carbocycles. The first kappa shape index (κ1) is 6.27. The monoisotopic (exact) mass is 121 g/mol. The van der Waals surface area contributed by atoms with Gasteiger partial charge < -0.3 is 5.41 Å². The molecule has 0 aromatic heterocycles. The third-order valence-electron chi connectivity index (χ3n) is 1.55. The lowest BCUT2D eigenvalue weighted by atomic mass is 10.00. The number of allylic oxidation sites excluding steroid dienone is 4. The first-order chi connectivity index (χ1) is 4.20. The molecule has 48 valence electrons. The van der Waals surface area contributed by atoms with Gasteiger partial charge in [-0.25, -0.2) is 0 Å². The quantitative estimate of drug-likeness (QED) is 0.508. The highest BCUT2D eigenvalue weighted by molar-refractivity contribution is 5.99. The van der Waals surface area contributed by atoms with Crippen LogP contribution < -0.4 is 0 Å². The predicted octanol–water partition coefficient (Wildman–Crippen LogP) is 2.30. The van der Waals surface area contributed by atoms with E-state index >= 15 is 0 Å². The highest BCUT2D eigenvalue weighted by Gasteiger charge is 2.02. The average molecular weight is 121 g/mol. The van der Waals surface area contributed by atoms with Gasteiger partial charge in [0, 0.05) is 12.1 Å². The van der Waals surface area contributed by atoms with E-state index in [1.807, 2.05) is 13.0 Å². The Hall–Kier alpha value is -0.850. The van der Waals surface area contributed by atoms with Crippen LogP contribution in [0.2, 0.25) is 0 Å². The lowest BCUT2D eigenvalue weighted by Crippen LogP contribution is -2.00. The fourth-order valence-electron chi connectivity index (χ4n) is 0.912.